The lowest BCUT2D eigenvalue weighted by Gasteiger charge is -2.40. The second kappa shape index (κ2) is 11.0. The molecule has 4 heterocycles. The molecule has 0 amide bonds. The molecule has 12 heteroatoms. The zero-order valence-electron chi connectivity index (χ0n) is 20.8. The lowest BCUT2D eigenvalue weighted by atomic mass is 10.1. The summed E-state index contributed by atoms with van der Waals surface area (Å²) in [5.74, 6) is 0.293. The van der Waals surface area contributed by atoms with E-state index in [-0.39, 0.29) is 30.5 Å². The van der Waals surface area contributed by atoms with Crippen molar-refractivity contribution in [3.63, 3.8) is 0 Å². The van der Waals surface area contributed by atoms with Crippen molar-refractivity contribution in [3.05, 3.63) is 59.4 Å². The van der Waals surface area contributed by atoms with Crippen LogP contribution in [0.3, 0.4) is 0 Å². The molecule has 3 aromatic rings. The van der Waals surface area contributed by atoms with Gasteiger partial charge in [-0.3, -0.25) is 4.90 Å². The van der Waals surface area contributed by atoms with Crippen molar-refractivity contribution >= 4 is 35.9 Å². The van der Waals surface area contributed by atoms with Crippen LogP contribution in [0.2, 0.25) is 0 Å². The highest BCUT2D eigenvalue weighted by Gasteiger charge is 2.27. The molecule has 1 atom stereocenters. The van der Waals surface area contributed by atoms with E-state index >= 15 is 0 Å². The highest BCUT2D eigenvalue weighted by atomic mass is 35.5. The number of aromatic nitrogens is 4. The number of nitrogen functional groups attached to an aromatic ring is 1. The first-order valence-electron chi connectivity index (χ1n) is 12.0. The number of aliphatic hydroxyl groups excluding tert-OH is 1. The Morgan fingerprint density at radius 3 is 2.41 bits per heavy atom. The first-order valence-corrected chi connectivity index (χ1v) is 12.0. The Kier molecular flexibility index (Phi) is 7.96. The third-order valence-corrected chi connectivity index (χ3v) is 6.78. The van der Waals surface area contributed by atoms with Crippen molar-refractivity contribution in [3.8, 4) is 5.82 Å². The van der Waals surface area contributed by atoms with Crippen molar-refractivity contribution in [1.82, 2.24) is 24.6 Å². The van der Waals surface area contributed by atoms with Gasteiger partial charge >= 0.3 is 0 Å². The first kappa shape index (κ1) is 26.8. The lowest BCUT2D eigenvalue weighted by molar-refractivity contribution is 0.141. The molecule has 0 radical (unpaired) electrons. The van der Waals surface area contributed by atoms with E-state index < -0.39 is 11.6 Å². The summed E-state index contributed by atoms with van der Waals surface area (Å²) in [6.45, 7) is 8.06. The van der Waals surface area contributed by atoms with Crippen LogP contribution < -0.4 is 15.5 Å². The predicted octanol–water partition coefficient (Wildman–Crippen LogP) is 2.66. The fraction of sp³-hybridized carbons (Fsp3) is 0.400. The molecule has 3 N–H and O–H groups in total. The third kappa shape index (κ3) is 5.84. The number of benzene rings is 1. The van der Waals surface area contributed by atoms with Gasteiger partial charge in [-0.15, -0.1) is 12.4 Å². The standard InChI is InChI=1S/C25H30F2N8O.ClH/c1-16-13-33(21-9-19(26)8-20(27)10-21)7-6-32(16)5-3-4-18-12-29-35(17(18)2)24-11-23(30-25(28)31-24)34-14-22(36)15-34;/h3-4,8-12,16,22,36H,5-7,13-15H2,1-2H3,(H2,28,30,31);1H/t16-;/m0./s1. The van der Waals surface area contributed by atoms with Crippen LogP contribution >= 0.6 is 12.4 Å². The summed E-state index contributed by atoms with van der Waals surface area (Å²) in [4.78, 5) is 14.9. The molecule has 1 aromatic carbocycles. The number of rotatable bonds is 6. The van der Waals surface area contributed by atoms with Gasteiger partial charge in [0.25, 0.3) is 0 Å². The minimum atomic E-state index is -0.556. The summed E-state index contributed by atoms with van der Waals surface area (Å²) < 4.78 is 29.0. The molecule has 2 fully saturated rings. The van der Waals surface area contributed by atoms with E-state index in [0.29, 0.717) is 43.5 Å². The largest absolute Gasteiger partial charge is 0.389 e. The quantitative estimate of drug-likeness (QED) is 0.500. The molecule has 9 nitrogen and oxygen atoms in total. The van der Waals surface area contributed by atoms with Crippen molar-refractivity contribution in [1.29, 1.82) is 0 Å². The number of piperazine rings is 1. The zero-order valence-corrected chi connectivity index (χ0v) is 21.6. The topological polar surface area (TPSA) is 99.6 Å². The number of halogens is 3. The van der Waals surface area contributed by atoms with Gasteiger partial charge in [0.05, 0.1) is 18.0 Å². The van der Waals surface area contributed by atoms with E-state index in [0.717, 1.165) is 30.4 Å². The molecule has 198 valence electrons. The summed E-state index contributed by atoms with van der Waals surface area (Å²) >= 11 is 0. The van der Waals surface area contributed by atoms with Crippen LogP contribution in [0.15, 0.2) is 36.5 Å². The first-order chi connectivity index (χ1) is 17.3. The Hall–Kier alpha value is -3.28. The van der Waals surface area contributed by atoms with Crippen molar-refractivity contribution in [2.75, 3.05) is 54.8 Å². The van der Waals surface area contributed by atoms with Crippen molar-refractivity contribution in [2.45, 2.75) is 26.0 Å². The van der Waals surface area contributed by atoms with E-state index in [1.807, 2.05) is 28.9 Å². The minimum Gasteiger partial charge on any atom is -0.389 e. The van der Waals surface area contributed by atoms with Crippen molar-refractivity contribution in [2.24, 2.45) is 0 Å². The molecule has 0 bridgehead atoms. The van der Waals surface area contributed by atoms with Gasteiger partial charge in [-0.1, -0.05) is 12.2 Å². The molecule has 0 unspecified atom stereocenters. The molecule has 2 aliphatic rings. The minimum absolute atomic E-state index is 0. The van der Waals surface area contributed by atoms with Gasteiger partial charge in [-0.25, -0.2) is 13.5 Å². The van der Waals surface area contributed by atoms with Crippen LogP contribution in [-0.2, 0) is 0 Å². The zero-order chi connectivity index (χ0) is 25.4. The second-order valence-corrected chi connectivity index (χ2v) is 9.42. The number of nitrogens with zero attached hydrogens (tertiary/aromatic N) is 7. The average Bonchev–Trinajstić information content (AvgIpc) is 3.17. The van der Waals surface area contributed by atoms with Gasteiger partial charge in [0, 0.05) is 68.7 Å². The normalized spacial score (nSPS) is 18.8. The maximum absolute atomic E-state index is 13.6. The Labute approximate surface area is 220 Å². The molecule has 2 aromatic heterocycles. The van der Waals surface area contributed by atoms with Crippen LogP contribution in [0.5, 0.6) is 0 Å². The maximum atomic E-state index is 13.6. The summed E-state index contributed by atoms with van der Waals surface area (Å²) in [6, 6.07) is 5.70. The van der Waals surface area contributed by atoms with Gasteiger partial charge in [0.1, 0.15) is 17.5 Å². The Bertz CT molecular complexity index is 1260. The summed E-state index contributed by atoms with van der Waals surface area (Å²) in [6.07, 6.45) is 5.58. The Morgan fingerprint density at radius 2 is 1.73 bits per heavy atom. The summed E-state index contributed by atoms with van der Waals surface area (Å²) in [5, 5.41) is 14.1. The number of aliphatic hydroxyl groups is 1. The number of hydrogen-bond acceptors (Lipinski definition) is 8. The molecular formula is C25H31ClF2N8O. The van der Waals surface area contributed by atoms with Crippen molar-refractivity contribution < 1.29 is 13.9 Å². The summed E-state index contributed by atoms with van der Waals surface area (Å²) in [7, 11) is 0. The van der Waals surface area contributed by atoms with Crippen LogP contribution in [0, 0.1) is 18.6 Å². The number of nitrogens with two attached hydrogens (primary N) is 1. The number of β-amino-alcohol motifs (C(OH)–C–C–N with tert-alkyl or cyclic N) is 1. The molecule has 0 saturated carbocycles. The smallest absolute Gasteiger partial charge is 0.224 e. The second-order valence-electron chi connectivity index (χ2n) is 9.42. The van der Waals surface area contributed by atoms with Gasteiger partial charge in [-0.2, -0.15) is 15.1 Å². The highest BCUT2D eigenvalue weighted by Crippen LogP contribution is 2.24. The highest BCUT2D eigenvalue weighted by molar-refractivity contribution is 5.85. The molecule has 2 saturated heterocycles. The van der Waals surface area contributed by atoms with E-state index in [1.54, 1.807) is 10.9 Å². The Morgan fingerprint density at radius 1 is 1.03 bits per heavy atom. The molecule has 0 aliphatic carbocycles. The lowest BCUT2D eigenvalue weighted by Crippen LogP contribution is -2.51. The van der Waals surface area contributed by atoms with E-state index in [9.17, 15) is 13.9 Å². The Balaban J connectivity index is 0.00000320. The van der Waals surface area contributed by atoms with Gasteiger partial charge in [0.2, 0.25) is 5.95 Å². The van der Waals surface area contributed by atoms with Crippen LogP contribution in [0.1, 0.15) is 18.2 Å². The van der Waals surface area contributed by atoms with Gasteiger partial charge in [-0.05, 0) is 26.0 Å². The SMILES string of the molecule is Cc1c(C=CCN2CCN(c3cc(F)cc(F)c3)C[C@@H]2C)cnn1-c1cc(N2CC(O)C2)nc(N)n1.Cl. The fourth-order valence-corrected chi connectivity index (χ4v) is 4.71. The molecule has 0 spiro atoms. The van der Waals surface area contributed by atoms with Crippen LogP contribution in [-0.4, -0.2) is 81.2 Å². The predicted molar refractivity (Wildman–Crippen MR) is 142 cm³/mol. The van der Waals surface area contributed by atoms with E-state index in [1.165, 1.54) is 12.1 Å². The molecule has 2 aliphatic heterocycles. The number of anilines is 3. The summed E-state index contributed by atoms with van der Waals surface area (Å²) in [5.41, 5.74) is 8.40. The molecule has 37 heavy (non-hydrogen) atoms. The average molecular weight is 533 g/mol. The van der Waals surface area contributed by atoms with Gasteiger partial charge in [0.15, 0.2) is 5.82 Å². The van der Waals surface area contributed by atoms with Crippen LogP contribution in [0.25, 0.3) is 11.9 Å². The monoisotopic (exact) mass is 532 g/mol. The maximum Gasteiger partial charge on any atom is 0.224 e. The van der Waals surface area contributed by atoms with Crippen LogP contribution in [0.4, 0.5) is 26.2 Å². The van der Waals surface area contributed by atoms with E-state index in [2.05, 4.69) is 33.0 Å². The van der Waals surface area contributed by atoms with Gasteiger partial charge < -0.3 is 20.6 Å². The number of hydrogen-bond donors (Lipinski definition) is 2. The molecule has 5 rings (SSSR count). The fourth-order valence-electron chi connectivity index (χ4n) is 4.71. The molecular weight excluding hydrogens is 502 g/mol. The van der Waals surface area contributed by atoms with E-state index in [4.69, 9.17) is 5.73 Å². The third-order valence-electron chi connectivity index (χ3n) is 6.78.